The first-order chi connectivity index (χ1) is 14.2. The Morgan fingerprint density at radius 1 is 1.07 bits per heavy atom. The SMILES string of the molecule is CC(C)CCC[C@@H](C(=O)O)C1=CC[C@]2(C)[C@H](CC[C@H]3[C@H]4CC[C@H](O)[C@]4(C)CC[C@@H]32)C1. The average Bonchev–Trinajstić information content (AvgIpc) is 2.99. The van der Waals surface area contributed by atoms with Crippen LogP contribution >= 0.6 is 0 Å². The number of carbonyl (C=O) groups is 1. The smallest absolute Gasteiger partial charge is 0.310 e. The quantitative estimate of drug-likeness (QED) is 0.489. The largest absolute Gasteiger partial charge is 0.481 e. The number of allylic oxidation sites excluding steroid dienone is 1. The van der Waals surface area contributed by atoms with Crippen LogP contribution in [0.2, 0.25) is 0 Å². The minimum Gasteiger partial charge on any atom is -0.481 e. The van der Waals surface area contributed by atoms with Crippen molar-refractivity contribution in [2.75, 3.05) is 0 Å². The maximum atomic E-state index is 12.1. The van der Waals surface area contributed by atoms with Gasteiger partial charge in [0.15, 0.2) is 0 Å². The van der Waals surface area contributed by atoms with Gasteiger partial charge in [-0.15, -0.1) is 0 Å². The molecular weight excluding hydrogens is 372 g/mol. The van der Waals surface area contributed by atoms with Crippen molar-refractivity contribution < 1.29 is 15.0 Å². The van der Waals surface area contributed by atoms with Gasteiger partial charge >= 0.3 is 5.97 Å². The maximum absolute atomic E-state index is 12.1. The number of aliphatic carboxylic acids is 1. The third-order valence-corrected chi connectivity index (χ3v) is 10.3. The lowest BCUT2D eigenvalue weighted by Gasteiger charge is -2.60. The Hall–Kier alpha value is -0.830. The molecule has 0 saturated heterocycles. The van der Waals surface area contributed by atoms with E-state index >= 15 is 0 Å². The highest BCUT2D eigenvalue weighted by Crippen LogP contribution is 2.66. The first-order valence-electron chi connectivity index (χ1n) is 12.8. The van der Waals surface area contributed by atoms with Gasteiger partial charge in [-0.2, -0.15) is 0 Å². The lowest BCUT2D eigenvalue weighted by molar-refractivity contribution is -0.141. The second-order valence-corrected chi connectivity index (χ2v) is 12.2. The molecule has 3 fully saturated rings. The molecule has 0 radical (unpaired) electrons. The van der Waals surface area contributed by atoms with Gasteiger partial charge in [0.2, 0.25) is 0 Å². The topological polar surface area (TPSA) is 57.5 Å². The normalized spacial score (nSPS) is 44.1. The summed E-state index contributed by atoms with van der Waals surface area (Å²) in [6.07, 6.45) is 14.4. The van der Waals surface area contributed by atoms with E-state index in [9.17, 15) is 15.0 Å². The second kappa shape index (κ2) is 8.26. The number of rotatable bonds is 6. The van der Waals surface area contributed by atoms with Gasteiger partial charge in [-0.1, -0.05) is 52.2 Å². The minimum absolute atomic E-state index is 0.103. The Bertz CT molecular complexity index is 682. The van der Waals surface area contributed by atoms with Crippen molar-refractivity contribution in [3.05, 3.63) is 11.6 Å². The van der Waals surface area contributed by atoms with Gasteiger partial charge in [0.05, 0.1) is 12.0 Å². The van der Waals surface area contributed by atoms with Crippen LogP contribution in [0.4, 0.5) is 0 Å². The van der Waals surface area contributed by atoms with E-state index in [1.165, 1.54) is 37.7 Å². The summed E-state index contributed by atoms with van der Waals surface area (Å²) < 4.78 is 0. The Morgan fingerprint density at radius 2 is 1.80 bits per heavy atom. The van der Waals surface area contributed by atoms with Crippen molar-refractivity contribution >= 4 is 5.97 Å². The minimum atomic E-state index is -0.615. The van der Waals surface area contributed by atoms with Crippen LogP contribution in [0.5, 0.6) is 0 Å². The molecule has 0 heterocycles. The van der Waals surface area contributed by atoms with Gasteiger partial charge < -0.3 is 10.2 Å². The van der Waals surface area contributed by atoms with E-state index in [-0.39, 0.29) is 17.4 Å². The molecule has 4 rings (SSSR count). The van der Waals surface area contributed by atoms with Crippen LogP contribution in [0.1, 0.15) is 98.3 Å². The highest BCUT2D eigenvalue weighted by atomic mass is 16.4. The summed E-state index contributed by atoms with van der Waals surface area (Å²) in [4.78, 5) is 12.1. The van der Waals surface area contributed by atoms with Crippen molar-refractivity contribution in [3.63, 3.8) is 0 Å². The molecular formula is C27H44O3. The summed E-state index contributed by atoms with van der Waals surface area (Å²) in [5.41, 5.74) is 1.69. The lowest BCUT2D eigenvalue weighted by Crippen LogP contribution is -2.53. The van der Waals surface area contributed by atoms with Crippen molar-refractivity contribution in [1.82, 2.24) is 0 Å². The number of carboxylic acids is 1. The number of carboxylic acid groups (broad SMARTS) is 1. The average molecular weight is 417 g/mol. The van der Waals surface area contributed by atoms with Gasteiger partial charge in [0.25, 0.3) is 0 Å². The number of fused-ring (bicyclic) bond motifs is 5. The van der Waals surface area contributed by atoms with Crippen LogP contribution in [0.15, 0.2) is 11.6 Å². The number of hydrogen-bond donors (Lipinski definition) is 2. The molecule has 3 heteroatoms. The molecule has 8 atom stereocenters. The van der Waals surface area contributed by atoms with Crippen LogP contribution in [0.25, 0.3) is 0 Å². The van der Waals surface area contributed by atoms with Crippen LogP contribution < -0.4 is 0 Å². The molecule has 0 aliphatic heterocycles. The summed E-state index contributed by atoms with van der Waals surface area (Å²) >= 11 is 0. The Balaban J connectivity index is 1.50. The summed E-state index contributed by atoms with van der Waals surface area (Å²) in [5, 5.41) is 20.6. The molecule has 3 saturated carbocycles. The van der Waals surface area contributed by atoms with Crippen molar-refractivity contribution in [2.24, 2.45) is 46.3 Å². The Kier molecular flexibility index (Phi) is 6.16. The van der Waals surface area contributed by atoms with Crippen molar-refractivity contribution in [3.8, 4) is 0 Å². The van der Waals surface area contributed by atoms with Crippen LogP contribution in [0, 0.1) is 46.3 Å². The van der Waals surface area contributed by atoms with Crippen LogP contribution in [-0.4, -0.2) is 22.3 Å². The van der Waals surface area contributed by atoms with Crippen molar-refractivity contribution in [1.29, 1.82) is 0 Å². The molecule has 30 heavy (non-hydrogen) atoms. The number of aliphatic hydroxyl groups excluding tert-OH is 1. The molecule has 0 unspecified atom stereocenters. The fourth-order valence-corrected chi connectivity index (χ4v) is 8.36. The van der Waals surface area contributed by atoms with Crippen molar-refractivity contribution in [2.45, 2.75) is 104 Å². The standard InChI is InChI=1S/C27H44O3/c1-17(2)6-5-7-20(25(29)30)18-12-14-26(3)19(16-18)8-9-21-22-10-11-24(28)27(22,4)15-13-23(21)26/h12,17,19-24,28H,5-11,13-16H2,1-4H3,(H,29,30)/t19-,20-,21+,22-,23+,24+,26-,27-/m1/s1. The molecule has 4 aliphatic rings. The molecule has 3 nitrogen and oxygen atoms in total. The first-order valence-corrected chi connectivity index (χ1v) is 12.8. The molecule has 0 amide bonds. The second-order valence-electron chi connectivity index (χ2n) is 12.2. The predicted molar refractivity (Wildman–Crippen MR) is 121 cm³/mol. The van der Waals surface area contributed by atoms with E-state index in [0.717, 1.165) is 50.4 Å². The van der Waals surface area contributed by atoms with E-state index in [0.29, 0.717) is 23.2 Å². The highest BCUT2D eigenvalue weighted by Gasteiger charge is 2.59. The first kappa shape index (κ1) is 22.4. The zero-order chi connectivity index (χ0) is 21.7. The maximum Gasteiger partial charge on any atom is 0.310 e. The molecule has 0 bridgehead atoms. The molecule has 2 N–H and O–H groups in total. The zero-order valence-electron chi connectivity index (χ0n) is 19.7. The molecule has 0 aromatic rings. The van der Waals surface area contributed by atoms with Gasteiger partial charge in [0.1, 0.15) is 0 Å². The van der Waals surface area contributed by atoms with E-state index in [1.54, 1.807) is 0 Å². The molecule has 0 aromatic carbocycles. The summed E-state index contributed by atoms with van der Waals surface area (Å²) in [5.74, 6) is 2.60. The predicted octanol–water partition coefficient (Wildman–Crippen LogP) is 6.45. The molecule has 0 spiro atoms. The summed E-state index contributed by atoms with van der Waals surface area (Å²) in [6.45, 7) is 9.31. The van der Waals surface area contributed by atoms with Gasteiger partial charge in [-0.3, -0.25) is 4.79 Å². The molecule has 170 valence electrons. The molecule has 4 aliphatic carbocycles. The Morgan fingerprint density at radius 3 is 2.50 bits per heavy atom. The zero-order valence-corrected chi connectivity index (χ0v) is 19.7. The Labute approximate surface area is 183 Å². The van der Waals surface area contributed by atoms with Gasteiger partial charge in [-0.25, -0.2) is 0 Å². The van der Waals surface area contributed by atoms with Crippen LogP contribution in [-0.2, 0) is 4.79 Å². The van der Waals surface area contributed by atoms with E-state index < -0.39 is 5.97 Å². The summed E-state index contributed by atoms with van der Waals surface area (Å²) in [7, 11) is 0. The fourth-order valence-electron chi connectivity index (χ4n) is 8.36. The summed E-state index contributed by atoms with van der Waals surface area (Å²) in [6, 6.07) is 0. The molecule has 0 aromatic heterocycles. The third kappa shape index (κ3) is 3.67. The fraction of sp³-hybridized carbons (Fsp3) is 0.889. The van der Waals surface area contributed by atoms with Gasteiger partial charge in [0, 0.05) is 0 Å². The van der Waals surface area contributed by atoms with E-state index in [2.05, 4.69) is 33.8 Å². The van der Waals surface area contributed by atoms with E-state index in [1.807, 2.05) is 0 Å². The lowest BCUT2D eigenvalue weighted by atomic mass is 9.45. The number of aliphatic hydroxyl groups is 1. The number of hydrogen-bond acceptors (Lipinski definition) is 2. The van der Waals surface area contributed by atoms with Gasteiger partial charge in [-0.05, 0) is 98.2 Å². The highest BCUT2D eigenvalue weighted by molar-refractivity contribution is 5.73. The monoisotopic (exact) mass is 416 g/mol. The third-order valence-electron chi connectivity index (χ3n) is 10.3. The van der Waals surface area contributed by atoms with E-state index in [4.69, 9.17) is 0 Å². The van der Waals surface area contributed by atoms with Crippen LogP contribution in [0.3, 0.4) is 0 Å².